The van der Waals surface area contributed by atoms with E-state index in [-0.39, 0.29) is 23.6 Å². The summed E-state index contributed by atoms with van der Waals surface area (Å²) in [7, 11) is 0. The van der Waals surface area contributed by atoms with Crippen molar-refractivity contribution < 1.29 is 19.4 Å². The number of benzene rings is 1. The van der Waals surface area contributed by atoms with Crippen molar-refractivity contribution in [1.82, 2.24) is 0 Å². The minimum Gasteiger partial charge on any atom is -0.508 e. The lowest BCUT2D eigenvalue weighted by Gasteiger charge is -2.40. The van der Waals surface area contributed by atoms with Gasteiger partial charge in [-0.15, -0.1) is 0 Å². The fourth-order valence-corrected chi connectivity index (χ4v) is 3.28. The topological polar surface area (TPSA) is 55.8 Å². The van der Waals surface area contributed by atoms with Crippen LogP contribution >= 0.6 is 0 Å². The molecule has 0 bridgehead atoms. The van der Waals surface area contributed by atoms with E-state index in [1.165, 1.54) is 0 Å². The van der Waals surface area contributed by atoms with Crippen molar-refractivity contribution in [1.29, 1.82) is 0 Å². The van der Waals surface area contributed by atoms with Gasteiger partial charge in [-0.05, 0) is 37.8 Å². The lowest BCUT2D eigenvalue weighted by atomic mass is 9.82. The molecule has 2 aliphatic heterocycles. The van der Waals surface area contributed by atoms with Crippen LogP contribution in [0, 0.1) is 12.8 Å². The van der Waals surface area contributed by atoms with E-state index in [4.69, 9.17) is 9.47 Å². The molecule has 0 spiro atoms. The van der Waals surface area contributed by atoms with Gasteiger partial charge in [-0.2, -0.15) is 0 Å². The first kappa shape index (κ1) is 14.5. The van der Waals surface area contributed by atoms with Crippen molar-refractivity contribution in [3.05, 3.63) is 28.3 Å². The summed E-state index contributed by atoms with van der Waals surface area (Å²) in [5, 5.41) is 10.1. The standard InChI is InChI=1S/C17H22O4/c1-5-8(2)16-15(19)13-10(4)12(18)7-11-6-9(3)20-17(21-16)14(11)13/h7-9,16-18H,5-6H2,1-4H3/t8-,9-,16-,17-/m0/s1. The van der Waals surface area contributed by atoms with Crippen molar-refractivity contribution in [3.8, 4) is 5.75 Å². The molecule has 4 heteroatoms. The Morgan fingerprint density at radius 3 is 2.81 bits per heavy atom. The van der Waals surface area contributed by atoms with E-state index in [9.17, 15) is 9.90 Å². The van der Waals surface area contributed by atoms with Crippen LogP contribution in [-0.4, -0.2) is 23.1 Å². The number of carbonyl (C=O) groups excluding carboxylic acids is 1. The maximum atomic E-state index is 12.8. The second-order valence-corrected chi connectivity index (χ2v) is 6.26. The molecule has 4 atom stereocenters. The van der Waals surface area contributed by atoms with Gasteiger partial charge in [0, 0.05) is 16.7 Å². The van der Waals surface area contributed by atoms with E-state index in [1.807, 2.05) is 20.8 Å². The Morgan fingerprint density at radius 1 is 1.43 bits per heavy atom. The number of ether oxygens (including phenoxy) is 2. The summed E-state index contributed by atoms with van der Waals surface area (Å²) >= 11 is 0. The van der Waals surface area contributed by atoms with Gasteiger partial charge in [-0.1, -0.05) is 20.3 Å². The number of hydrogen-bond donors (Lipinski definition) is 1. The van der Waals surface area contributed by atoms with E-state index in [1.54, 1.807) is 13.0 Å². The van der Waals surface area contributed by atoms with E-state index in [0.29, 0.717) is 17.5 Å². The van der Waals surface area contributed by atoms with Gasteiger partial charge in [0.05, 0.1) is 6.10 Å². The molecule has 0 aliphatic carbocycles. The van der Waals surface area contributed by atoms with Gasteiger partial charge in [-0.3, -0.25) is 4.79 Å². The van der Waals surface area contributed by atoms with Crippen LogP contribution in [-0.2, 0) is 15.9 Å². The molecule has 0 fully saturated rings. The first-order valence-electron chi connectivity index (χ1n) is 7.64. The van der Waals surface area contributed by atoms with Crippen LogP contribution in [0.4, 0.5) is 0 Å². The van der Waals surface area contributed by atoms with E-state index in [0.717, 1.165) is 17.5 Å². The van der Waals surface area contributed by atoms with Crippen LogP contribution in [0.2, 0.25) is 0 Å². The third-order valence-corrected chi connectivity index (χ3v) is 4.72. The largest absolute Gasteiger partial charge is 0.508 e. The number of Topliss-reactive ketones (excluding diaryl/α,β-unsaturated/α-hetero) is 1. The average Bonchev–Trinajstić information content (AvgIpc) is 2.44. The molecule has 2 heterocycles. The summed E-state index contributed by atoms with van der Waals surface area (Å²) in [4.78, 5) is 12.8. The smallest absolute Gasteiger partial charge is 0.192 e. The first-order chi connectivity index (χ1) is 9.93. The van der Waals surface area contributed by atoms with Gasteiger partial charge >= 0.3 is 0 Å². The Kier molecular flexibility index (Phi) is 3.54. The SMILES string of the molecule is CC[C@H](C)[C@@H]1O[C@@H]2O[C@@H](C)Cc3cc(O)c(C)c(c32)C1=O. The van der Waals surface area contributed by atoms with E-state index < -0.39 is 12.4 Å². The van der Waals surface area contributed by atoms with Gasteiger partial charge in [0.1, 0.15) is 11.9 Å². The molecule has 3 rings (SSSR count). The quantitative estimate of drug-likeness (QED) is 0.908. The van der Waals surface area contributed by atoms with E-state index >= 15 is 0 Å². The van der Waals surface area contributed by atoms with Crippen LogP contribution in [0.3, 0.4) is 0 Å². The minimum atomic E-state index is -0.494. The molecule has 0 aromatic heterocycles. The Balaban J connectivity index is 2.18. The summed E-state index contributed by atoms with van der Waals surface area (Å²) in [5.41, 5.74) is 3.04. The second-order valence-electron chi connectivity index (χ2n) is 6.26. The molecule has 0 amide bonds. The Labute approximate surface area is 125 Å². The monoisotopic (exact) mass is 290 g/mol. The molecular formula is C17H22O4. The molecule has 21 heavy (non-hydrogen) atoms. The van der Waals surface area contributed by atoms with Crippen LogP contribution in [0.1, 0.15) is 60.5 Å². The van der Waals surface area contributed by atoms with Gasteiger partial charge < -0.3 is 14.6 Å². The molecule has 2 aliphatic rings. The van der Waals surface area contributed by atoms with Crippen LogP contribution in [0.5, 0.6) is 5.75 Å². The zero-order chi connectivity index (χ0) is 15.3. The summed E-state index contributed by atoms with van der Waals surface area (Å²) in [6.45, 7) is 7.83. The van der Waals surface area contributed by atoms with Gasteiger partial charge in [-0.25, -0.2) is 0 Å². The summed E-state index contributed by atoms with van der Waals surface area (Å²) < 4.78 is 11.9. The molecule has 114 valence electrons. The lowest BCUT2D eigenvalue weighted by Crippen LogP contribution is -2.42. The highest BCUT2D eigenvalue weighted by Crippen LogP contribution is 2.44. The Hall–Kier alpha value is -1.39. The second kappa shape index (κ2) is 5.11. The number of carbonyl (C=O) groups is 1. The molecule has 0 saturated carbocycles. The molecule has 0 unspecified atom stereocenters. The minimum absolute atomic E-state index is 0.0169. The van der Waals surface area contributed by atoms with Crippen molar-refractivity contribution in [2.45, 2.75) is 59.0 Å². The third kappa shape index (κ3) is 2.17. The van der Waals surface area contributed by atoms with Crippen molar-refractivity contribution in [2.75, 3.05) is 0 Å². The first-order valence-corrected chi connectivity index (χ1v) is 7.64. The number of aromatic hydroxyl groups is 1. The lowest BCUT2D eigenvalue weighted by molar-refractivity contribution is -0.205. The summed E-state index contributed by atoms with van der Waals surface area (Å²) in [6, 6.07) is 1.75. The van der Waals surface area contributed by atoms with Crippen molar-refractivity contribution in [3.63, 3.8) is 0 Å². The fourth-order valence-electron chi connectivity index (χ4n) is 3.28. The van der Waals surface area contributed by atoms with Crippen molar-refractivity contribution in [2.24, 2.45) is 5.92 Å². The molecule has 0 saturated heterocycles. The molecule has 4 nitrogen and oxygen atoms in total. The highest BCUT2D eigenvalue weighted by atomic mass is 16.7. The summed E-state index contributed by atoms with van der Waals surface area (Å²) in [6.07, 6.45) is 0.583. The normalized spacial score (nSPS) is 29.1. The number of ketones is 1. The van der Waals surface area contributed by atoms with E-state index in [2.05, 4.69) is 0 Å². The van der Waals surface area contributed by atoms with Crippen LogP contribution in [0.15, 0.2) is 6.07 Å². The fraction of sp³-hybridized carbons (Fsp3) is 0.588. The van der Waals surface area contributed by atoms with Crippen LogP contribution < -0.4 is 0 Å². The van der Waals surface area contributed by atoms with Crippen LogP contribution in [0.25, 0.3) is 0 Å². The number of rotatable bonds is 2. The maximum absolute atomic E-state index is 12.8. The highest BCUT2D eigenvalue weighted by Gasteiger charge is 2.42. The summed E-state index contributed by atoms with van der Waals surface area (Å²) in [5.74, 6) is 0.287. The zero-order valence-corrected chi connectivity index (χ0v) is 13.0. The molecule has 0 radical (unpaired) electrons. The highest BCUT2D eigenvalue weighted by molar-refractivity contribution is 6.04. The Bertz CT molecular complexity index is 593. The van der Waals surface area contributed by atoms with Crippen molar-refractivity contribution >= 4 is 5.78 Å². The number of phenolic OH excluding ortho intramolecular Hbond substituents is 1. The third-order valence-electron chi connectivity index (χ3n) is 4.72. The van der Waals surface area contributed by atoms with Gasteiger partial charge in [0.15, 0.2) is 12.1 Å². The maximum Gasteiger partial charge on any atom is 0.192 e. The van der Waals surface area contributed by atoms with Gasteiger partial charge in [0.2, 0.25) is 0 Å². The molecular weight excluding hydrogens is 268 g/mol. The van der Waals surface area contributed by atoms with Gasteiger partial charge in [0.25, 0.3) is 0 Å². The predicted molar refractivity (Wildman–Crippen MR) is 78.5 cm³/mol. The number of phenols is 1. The molecule has 1 aromatic rings. The molecule has 1 aromatic carbocycles. The number of hydrogen-bond acceptors (Lipinski definition) is 4. The molecule has 1 N–H and O–H groups in total. The average molecular weight is 290 g/mol. The Morgan fingerprint density at radius 2 is 2.14 bits per heavy atom. The predicted octanol–water partition coefficient (Wildman–Crippen LogP) is 3.29. The zero-order valence-electron chi connectivity index (χ0n) is 13.0.